The molecule has 90 valence electrons. The van der Waals surface area contributed by atoms with E-state index in [1.165, 1.54) is 18.4 Å². The molecule has 1 aliphatic carbocycles. The second-order valence-electron chi connectivity index (χ2n) is 3.87. The average Bonchev–Trinajstić information content (AvgIpc) is 3.09. The highest BCUT2D eigenvalue weighted by molar-refractivity contribution is 5.85. The molecule has 1 saturated carbocycles. The van der Waals surface area contributed by atoms with Gasteiger partial charge in [-0.05, 0) is 30.5 Å². The first-order valence-electron chi connectivity index (χ1n) is 5.44. The van der Waals surface area contributed by atoms with Crippen LogP contribution in [0.25, 0.3) is 0 Å². The van der Waals surface area contributed by atoms with Crippen molar-refractivity contribution in [3.63, 3.8) is 0 Å². The number of hydrogen-bond acceptors (Lipinski definition) is 3. The van der Waals surface area contributed by atoms with Crippen LogP contribution in [0, 0.1) is 0 Å². The molecule has 1 fully saturated rings. The number of benzene rings is 1. The van der Waals surface area contributed by atoms with Gasteiger partial charge in [-0.25, -0.2) is 0 Å². The second-order valence-corrected chi connectivity index (χ2v) is 3.87. The van der Waals surface area contributed by atoms with Crippen molar-refractivity contribution in [1.82, 2.24) is 5.32 Å². The first kappa shape index (κ1) is 13.3. The molecule has 1 aliphatic rings. The summed E-state index contributed by atoms with van der Waals surface area (Å²) in [5.41, 5.74) is 1.28. The molecule has 1 aromatic rings. The summed E-state index contributed by atoms with van der Waals surface area (Å²) in [5, 5.41) is 12.1. The number of hydrogen-bond donors (Lipinski definition) is 2. The monoisotopic (exact) mass is 243 g/mol. The molecule has 16 heavy (non-hydrogen) atoms. The lowest BCUT2D eigenvalue weighted by atomic mass is 10.2. The minimum absolute atomic E-state index is 0. The third-order valence-electron chi connectivity index (χ3n) is 2.46. The van der Waals surface area contributed by atoms with Gasteiger partial charge in [-0.2, -0.15) is 0 Å². The largest absolute Gasteiger partial charge is 0.491 e. The molecule has 0 heterocycles. The van der Waals surface area contributed by atoms with E-state index in [0.29, 0.717) is 6.61 Å². The zero-order chi connectivity index (χ0) is 10.5. The van der Waals surface area contributed by atoms with E-state index in [-0.39, 0.29) is 19.0 Å². The smallest absolute Gasteiger partial charge is 0.119 e. The van der Waals surface area contributed by atoms with E-state index in [0.717, 1.165) is 18.3 Å². The molecule has 2 rings (SSSR count). The van der Waals surface area contributed by atoms with Gasteiger partial charge in [-0.3, -0.25) is 0 Å². The van der Waals surface area contributed by atoms with E-state index in [9.17, 15) is 0 Å². The number of aliphatic hydroxyl groups excluding tert-OH is 1. The van der Waals surface area contributed by atoms with Crippen molar-refractivity contribution in [1.29, 1.82) is 0 Å². The summed E-state index contributed by atoms with van der Waals surface area (Å²) in [4.78, 5) is 0. The van der Waals surface area contributed by atoms with Crippen molar-refractivity contribution in [2.45, 2.75) is 25.4 Å². The molecular weight excluding hydrogens is 226 g/mol. The SMILES string of the molecule is Cl.OCCOc1ccc(CNC2CC2)cc1. The minimum Gasteiger partial charge on any atom is -0.491 e. The van der Waals surface area contributed by atoms with Gasteiger partial charge >= 0.3 is 0 Å². The van der Waals surface area contributed by atoms with Crippen LogP contribution in [0.2, 0.25) is 0 Å². The maximum Gasteiger partial charge on any atom is 0.119 e. The van der Waals surface area contributed by atoms with Crippen molar-refractivity contribution < 1.29 is 9.84 Å². The Morgan fingerprint density at radius 3 is 2.50 bits per heavy atom. The summed E-state index contributed by atoms with van der Waals surface area (Å²) in [6, 6.07) is 8.75. The third-order valence-corrected chi connectivity index (χ3v) is 2.46. The summed E-state index contributed by atoms with van der Waals surface area (Å²) in [7, 11) is 0. The van der Waals surface area contributed by atoms with Gasteiger partial charge in [0.15, 0.2) is 0 Å². The molecule has 0 unspecified atom stereocenters. The normalized spacial score (nSPS) is 14.3. The van der Waals surface area contributed by atoms with Gasteiger partial charge in [0.25, 0.3) is 0 Å². The van der Waals surface area contributed by atoms with E-state index in [1.807, 2.05) is 12.1 Å². The Morgan fingerprint density at radius 1 is 1.25 bits per heavy atom. The van der Waals surface area contributed by atoms with Crippen LogP contribution < -0.4 is 10.1 Å². The lowest BCUT2D eigenvalue weighted by Crippen LogP contribution is -2.15. The molecule has 0 saturated heterocycles. The Bertz CT molecular complexity index is 298. The summed E-state index contributed by atoms with van der Waals surface area (Å²) in [6.45, 7) is 1.36. The van der Waals surface area contributed by atoms with Crippen LogP contribution in [-0.4, -0.2) is 24.4 Å². The van der Waals surface area contributed by atoms with Crippen LogP contribution in [0.4, 0.5) is 0 Å². The summed E-state index contributed by atoms with van der Waals surface area (Å²) < 4.78 is 5.28. The van der Waals surface area contributed by atoms with E-state index < -0.39 is 0 Å². The van der Waals surface area contributed by atoms with Crippen molar-refractivity contribution in [2.75, 3.05) is 13.2 Å². The predicted octanol–water partition coefficient (Wildman–Crippen LogP) is 1.73. The zero-order valence-electron chi connectivity index (χ0n) is 9.19. The first-order chi connectivity index (χ1) is 7.38. The average molecular weight is 244 g/mol. The molecule has 0 atom stereocenters. The zero-order valence-corrected chi connectivity index (χ0v) is 10.0. The van der Waals surface area contributed by atoms with E-state index >= 15 is 0 Å². The Hall–Kier alpha value is -0.770. The van der Waals surface area contributed by atoms with Crippen LogP contribution in [0.15, 0.2) is 24.3 Å². The Labute approximate surface area is 102 Å². The molecule has 0 bridgehead atoms. The van der Waals surface area contributed by atoms with Gasteiger partial charge in [-0.1, -0.05) is 12.1 Å². The highest BCUT2D eigenvalue weighted by atomic mass is 35.5. The van der Waals surface area contributed by atoms with Crippen LogP contribution >= 0.6 is 12.4 Å². The van der Waals surface area contributed by atoms with Crippen molar-refractivity contribution in [2.24, 2.45) is 0 Å². The van der Waals surface area contributed by atoms with Gasteiger partial charge in [-0.15, -0.1) is 12.4 Å². The van der Waals surface area contributed by atoms with Gasteiger partial charge < -0.3 is 15.2 Å². The van der Waals surface area contributed by atoms with Crippen LogP contribution in [0.1, 0.15) is 18.4 Å². The fourth-order valence-electron chi connectivity index (χ4n) is 1.42. The lowest BCUT2D eigenvalue weighted by Gasteiger charge is -2.06. The fourth-order valence-corrected chi connectivity index (χ4v) is 1.42. The third kappa shape index (κ3) is 4.39. The van der Waals surface area contributed by atoms with Gasteiger partial charge in [0.1, 0.15) is 12.4 Å². The number of halogens is 1. The van der Waals surface area contributed by atoms with Gasteiger partial charge in [0.2, 0.25) is 0 Å². The predicted molar refractivity (Wildman–Crippen MR) is 66.1 cm³/mol. The maximum absolute atomic E-state index is 8.60. The van der Waals surface area contributed by atoms with Crippen LogP contribution in [0.3, 0.4) is 0 Å². The lowest BCUT2D eigenvalue weighted by molar-refractivity contribution is 0.201. The van der Waals surface area contributed by atoms with Crippen molar-refractivity contribution >= 4 is 12.4 Å². The summed E-state index contributed by atoms with van der Waals surface area (Å²) in [5.74, 6) is 0.819. The minimum atomic E-state index is 0. The Kier molecular flexibility index (Phi) is 5.60. The van der Waals surface area contributed by atoms with Crippen molar-refractivity contribution in [3.05, 3.63) is 29.8 Å². The highest BCUT2D eigenvalue weighted by Gasteiger charge is 2.19. The number of nitrogens with one attached hydrogen (secondary N) is 1. The molecule has 0 aliphatic heterocycles. The number of rotatable bonds is 6. The van der Waals surface area contributed by atoms with E-state index in [2.05, 4.69) is 17.4 Å². The topological polar surface area (TPSA) is 41.5 Å². The van der Waals surface area contributed by atoms with Gasteiger partial charge in [0.05, 0.1) is 6.61 Å². The molecule has 0 aromatic heterocycles. The summed E-state index contributed by atoms with van der Waals surface area (Å²) in [6.07, 6.45) is 2.63. The molecule has 0 spiro atoms. The number of aliphatic hydroxyl groups is 1. The Morgan fingerprint density at radius 2 is 1.94 bits per heavy atom. The fraction of sp³-hybridized carbons (Fsp3) is 0.500. The first-order valence-corrected chi connectivity index (χ1v) is 5.44. The Balaban J connectivity index is 0.00000128. The van der Waals surface area contributed by atoms with E-state index in [1.54, 1.807) is 0 Å². The molecule has 2 N–H and O–H groups in total. The molecule has 4 heteroatoms. The maximum atomic E-state index is 8.60. The van der Waals surface area contributed by atoms with Gasteiger partial charge in [0, 0.05) is 12.6 Å². The molecule has 0 amide bonds. The van der Waals surface area contributed by atoms with E-state index in [4.69, 9.17) is 9.84 Å². The molecule has 0 radical (unpaired) electrons. The standard InChI is InChI=1S/C12H17NO2.ClH/c14-7-8-15-12-5-1-10(2-6-12)9-13-11-3-4-11;/h1-2,5-6,11,13-14H,3-4,7-9H2;1H. The molecular formula is C12H18ClNO2. The van der Waals surface area contributed by atoms with Crippen LogP contribution in [0.5, 0.6) is 5.75 Å². The van der Waals surface area contributed by atoms with Crippen molar-refractivity contribution in [3.8, 4) is 5.75 Å². The van der Waals surface area contributed by atoms with Crippen LogP contribution in [-0.2, 0) is 6.54 Å². The highest BCUT2D eigenvalue weighted by Crippen LogP contribution is 2.19. The molecule has 3 nitrogen and oxygen atoms in total. The number of ether oxygens (including phenoxy) is 1. The molecule has 1 aromatic carbocycles. The second kappa shape index (κ2) is 6.74. The quantitative estimate of drug-likeness (QED) is 0.800. The summed E-state index contributed by atoms with van der Waals surface area (Å²) >= 11 is 0.